The highest BCUT2D eigenvalue weighted by Gasteiger charge is 2.43. The van der Waals surface area contributed by atoms with Crippen molar-refractivity contribution in [1.82, 2.24) is 0 Å². The molecule has 0 saturated carbocycles. The lowest BCUT2D eigenvalue weighted by Gasteiger charge is -2.17. The second kappa shape index (κ2) is 4.74. The van der Waals surface area contributed by atoms with Crippen LogP contribution in [0.2, 0.25) is 0 Å². The van der Waals surface area contributed by atoms with Gasteiger partial charge in [0.15, 0.2) is 0 Å². The molecule has 0 aliphatic carbocycles. The molecule has 0 atom stereocenters. The molecule has 0 bridgehead atoms. The Morgan fingerprint density at radius 3 is 2.45 bits per heavy atom. The number of anilines is 1. The van der Waals surface area contributed by atoms with E-state index < -0.39 is 27.5 Å². The minimum atomic E-state index is -4.23. The number of amides is 1. The molecule has 0 unspecified atom stereocenters. The minimum absolute atomic E-state index is 0.106. The van der Waals surface area contributed by atoms with E-state index in [1.54, 1.807) is 13.0 Å². The van der Waals surface area contributed by atoms with Gasteiger partial charge in [0.25, 0.3) is 15.8 Å². The van der Waals surface area contributed by atoms with E-state index >= 15 is 0 Å². The number of ketones is 1. The predicted molar refractivity (Wildman–Crippen MR) is 76.6 cm³/mol. The van der Waals surface area contributed by atoms with E-state index in [-0.39, 0.29) is 16.1 Å². The lowest BCUT2D eigenvalue weighted by Crippen LogP contribution is -2.35. The van der Waals surface area contributed by atoms with Gasteiger partial charge in [0, 0.05) is 0 Å². The standard InChI is InChI=1S/C15H10FNO4S/c1-9-3-2-4-11(7-9)22(20,21)17-13-6-5-10(16)8-12(13)14(18)15(17)19/h2-8H,1H3. The van der Waals surface area contributed by atoms with E-state index in [1.807, 2.05) is 0 Å². The van der Waals surface area contributed by atoms with Gasteiger partial charge in [-0.05, 0) is 42.8 Å². The SMILES string of the molecule is Cc1cccc(S(=O)(=O)N2C(=O)C(=O)c3cc(F)ccc32)c1. The van der Waals surface area contributed by atoms with Gasteiger partial charge in [-0.3, -0.25) is 9.59 Å². The molecule has 1 aliphatic rings. The molecule has 22 heavy (non-hydrogen) atoms. The summed E-state index contributed by atoms with van der Waals surface area (Å²) in [6.45, 7) is 1.71. The average Bonchev–Trinajstić information content (AvgIpc) is 2.71. The lowest BCUT2D eigenvalue weighted by molar-refractivity contribution is -0.113. The van der Waals surface area contributed by atoms with Crippen LogP contribution >= 0.6 is 0 Å². The van der Waals surface area contributed by atoms with Crippen molar-refractivity contribution in [1.29, 1.82) is 0 Å². The molecular formula is C15H10FNO4S. The molecule has 0 saturated heterocycles. The summed E-state index contributed by atoms with van der Waals surface area (Å²) in [7, 11) is -4.23. The van der Waals surface area contributed by atoms with Crippen LogP contribution in [0.1, 0.15) is 15.9 Å². The van der Waals surface area contributed by atoms with Crippen LogP contribution in [0.15, 0.2) is 47.4 Å². The van der Waals surface area contributed by atoms with Crippen LogP contribution in [-0.2, 0) is 14.8 Å². The number of carbonyl (C=O) groups is 2. The highest BCUT2D eigenvalue weighted by atomic mass is 32.2. The van der Waals surface area contributed by atoms with Crippen LogP contribution in [0, 0.1) is 12.7 Å². The van der Waals surface area contributed by atoms with Crippen molar-refractivity contribution >= 4 is 27.4 Å². The van der Waals surface area contributed by atoms with Crippen molar-refractivity contribution < 1.29 is 22.4 Å². The molecule has 1 amide bonds. The van der Waals surface area contributed by atoms with Crippen molar-refractivity contribution in [2.75, 3.05) is 4.31 Å². The van der Waals surface area contributed by atoms with E-state index in [0.717, 1.165) is 18.2 Å². The number of aryl methyl sites for hydroxylation is 1. The number of fused-ring (bicyclic) bond motifs is 1. The van der Waals surface area contributed by atoms with Crippen molar-refractivity contribution in [2.45, 2.75) is 11.8 Å². The quantitative estimate of drug-likeness (QED) is 0.794. The number of nitrogens with zero attached hydrogens (tertiary/aromatic N) is 1. The molecule has 112 valence electrons. The summed E-state index contributed by atoms with van der Waals surface area (Å²) in [6, 6.07) is 8.96. The van der Waals surface area contributed by atoms with Crippen LogP contribution in [-0.4, -0.2) is 20.1 Å². The number of halogens is 1. The van der Waals surface area contributed by atoms with Crippen molar-refractivity contribution in [2.24, 2.45) is 0 Å². The summed E-state index contributed by atoms with van der Waals surface area (Å²) in [6.07, 6.45) is 0. The molecule has 0 spiro atoms. The van der Waals surface area contributed by atoms with Gasteiger partial charge in [0.05, 0.1) is 16.1 Å². The second-order valence-corrected chi connectivity index (χ2v) is 6.67. The third-order valence-electron chi connectivity index (χ3n) is 3.33. The first-order valence-corrected chi connectivity index (χ1v) is 7.76. The Labute approximate surface area is 126 Å². The fourth-order valence-electron chi connectivity index (χ4n) is 2.30. The van der Waals surface area contributed by atoms with Crippen LogP contribution in [0.3, 0.4) is 0 Å². The molecule has 0 N–H and O–H groups in total. The smallest absolute Gasteiger partial charge is 0.283 e. The largest absolute Gasteiger partial charge is 0.313 e. The minimum Gasteiger partial charge on any atom is -0.283 e. The van der Waals surface area contributed by atoms with Gasteiger partial charge in [0.1, 0.15) is 5.82 Å². The van der Waals surface area contributed by atoms with Crippen LogP contribution < -0.4 is 4.31 Å². The third kappa shape index (κ3) is 2.01. The van der Waals surface area contributed by atoms with Crippen LogP contribution in [0.4, 0.5) is 10.1 Å². The van der Waals surface area contributed by atoms with Gasteiger partial charge < -0.3 is 0 Å². The molecule has 0 aromatic heterocycles. The zero-order valence-electron chi connectivity index (χ0n) is 11.4. The van der Waals surface area contributed by atoms with Gasteiger partial charge in [-0.1, -0.05) is 12.1 Å². The fourth-order valence-corrected chi connectivity index (χ4v) is 3.82. The van der Waals surface area contributed by atoms with Gasteiger partial charge in [-0.25, -0.2) is 12.8 Å². The van der Waals surface area contributed by atoms with Gasteiger partial charge in [-0.2, -0.15) is 4.31 Å². The summed E-state index contributed by atoms with van der Waals surface area (Å²) in [5.74, 6) is -2.96. The maximum atomic E-state index is 13.2. The van der Waals surface area contributed by atoms with Gasteiger partial charge >= 0.3 is 5.91 Å². The summed E-state index contributed by atoms with van der Waals surface area (Å²) in [5, 5.41) is 0. The average molecular weight is 319 g/mol. The van der Waals surface area contributed by atoms with E-state index in [1.165, 1.54) is 18.2 Å². The number of rotatable bonds is 2. The molecule has 1 aliphatic heterocycles. The first-order chi connectivity index (χ1) is 10.3. The summed E-state index contributed by atoms with van der Waals surface area (Å²) in [5.41, 5.74) is 0.317. The number of hydrogen-bond acceptors (Lipinski definition) is 4. The Hall–Kier alpha value is -2.54. The topological polar surface area (TPSA) is 71.5 Å². The lowest BCUT2D eigenvalue weighted by atomic mass is 10.1. The number of hydrogen-bond donors (Lipinski definition) is 0. The zero-order valence-corrected chi connectivity index (χ0v) is 12.2. The third-order valence-corrected chi connectivity index (χ3v) is 5.02. The van der Waals surface area contributed by atoms with E-state index in [0.29, 0.717) is 9.87 Å². The summed E-state index contributed by atoms with van der Waals surface area (Å²) < 4.78 is 39.0. The Morgan fingerprint density at radius 2 is 1.77 bits per heavy atom. The molecule has 2 aromatic rings. The molecule has 1 heterocycles. The molecule has 3 rings (SSSR count). The van der Waals surface area contributed by atoms with E-state index in [2.05, 4.69) is 0 Å². The summed E-state index contributed by atoms with van der Waals surface area (Å²) in [4.78, 5) is 23.8. The number of sulfonamides is 1. The van der Waals surface area contributed by atoms with Gasteiger partial charge in [-0.15, -0.1) is 0 Å². The number of benzene rings is 2. The molecular weight excluding hydrogens is 309 g/mol. The highest BCUT2D eigenvalue weighted by molar-refractivity contribution is 7.93. The highest BCUT2D eigenvalue weighted by Crippen LogP contribution is 2.34. The maximum absolute atomic E-state index is 13.2. The Kier molecular flexibility index (Phi) is 3.10. The second-order valence-electron chi connectivity index (χ2n) is 4.88. The number of carbonyl (C=O) groups excluding carboxylic acids is 2. The molecule has 7 heteroatoms. The van der Waals surface area contributed by atoms with Crippen molar-refractivity contribution in [3.8, 4) is 0 Å². The summed E-state index contributed by atoms with van der Waals surface area (Å²) >= 11 is 0. The maximum Gasteiger partial charge on any atom is 0.313 e. The Morgan fingerprint density at radius 1 is 1.05 bits per heavy atom. The monoisotopic (exact) mass is 319 g/mol. The van der Waals surface area contributed by atoms with E-state index in [9.17, 15) is 22.4 Å². The van der Waals surface area contributed by atoms with Gasteiger partial charge in [0.2, 0.25) is 0 Å². The fraction of sp³-hybridized carbons (Fsp3) is 0.0667. The van der Waals surface area contributed by atoms with Crippen molar-refractivity contribution in [3.05, 3.63) is 59.4 Å². The molecule has 5 nitrogen and oxygen atoms in total. The zero-order chi connectivity index (χ0) is 16.1. The van der Waals surface area contributed by atoms with Crippen LogP contribution in [0.5, 0.6) is 0 Å². The molecule has 2 aromatic carbocycles. The molecule has 0 fully saturated rings. The first kappa shape index (κ1) is 14.4. The number of Topliss-reactive ketones (excluding diaryl/α,β-unsaturated/α-hetero) is 1. The molecule has 0 radical (unpaired) electrons. The Bertz CT molecular complexity index is 921. The predicted octanol–water partition coefficient (Wildman–Crippen LogP) is 2.05. The van der Waals surface area contributed by atoms with Crippen molar-refractivity contribution in [3.63, 3.8) is 0 Å². The normalized spacial score (nSPS) is 14.4. The van der Waals surface area contributed by atoms with Crippen LogP contribution in [0.25, 0.3) is 0 Å². The Balaban J connectivity index is 2.21. The van der Waals surface area contributed by atoms with E-state index in [4.69, 9.17) is 0 Å². The first-order valence-electron chi connectivity index (χ1n) is 6.32.